The van der Waals surface area contributed by atoms with Gasteiger partial charge in [0.1, 0.15) is 6.29 Å². The third kappa shape index (κ3) is 5.80. The third-order valence-electron chi connectivity index (χ3n) is 5.33. The van der Waals surface area contributed by atoms with Crippen LogP contribution in [0.25, 0.3) is 0 Å². The highest BCUT2D eigenvalue weighted by molar-refractivity contribution is 8.14. The Morgan fingerprint density at radius 1 is 1.12 bits per heavy atom. The van der Waals surface area contributed by atoms with Crippen LogP contribution in [0.2, 0.25) is 0 Å². The van der Waals surface area contributed by atoms with Gasteiger partial charge in [0.25, 0.3) is 0 Å². The molecule has 1 atom stereocenters. The van der Waals surface area contributed by atoms with Crippen molar-refractivity contribution in [1.82, 2.24) is 0 Å². The molecule has 1 fully saturated rings. The van der Waals surface area contributed by atoms with Crippen LogP contribution in [0, 0.1) is 5.41 Å². The average molecular weight is 375 g/mol. The molecule has 1 aliphatic carbocycles. The van der Waals surface area contributed by atoms with E-state index in [0.717, 1.165) is 32.0 Å². The lowest BCUT2D eigenvalue weighted by molar-refractivity contribution is -0.129. The van der Waals surface area contributed by atoms with E-state index >= 15 is 0 Å². The van der Waals surface area contributed by atoms with Gasteiger partial charge >= 0.3 is 0 Å². The molecule has 1 saturated carbocycles. The number of carbonyl (C=O) groups is 3. The van der Waals surface area contributed by atoms with Crippen molar-refractivity contribution >= 4 is 28.9 Å². The fourth-order valence-electron chi connectivity index (χ4n) is 3.54. The maximum absolute atomic E-state index is 13.0. The lowest BCUT2D eigenvalue weighted by atomic mass is 9.80. The second kappa shape index (κ2) is 10.7. The summed E-state index contributed by atoms with van der Waals surface area (Å²) < 4.78 is 0. The molecule has 142 valence electrons. The second-order valence-electron chi connectivity index (χ2n) is 7.33. The topological polar surface area (TPSA) is 51.2 Å². The molecular formula is C22H30O3S. The average Bonchev–Trinajstić information content (AvgIpc) is 2.69. The minimum atomic E-state index is -1.01. The van der Waals surface area contributed by atoms with Crippen LogP contribution in [0.3, 0.4) is 0 Å². The fraction of sp³-hybridized carbons (Fsp3) is 0.591. The molecule has 1 aromatic rings. The summed E-state index contributed by atoms with van der Waals surface area (Å²) in [7, 11) is 0. The molecule has 0 saturated heterocycles. The van der Waals surface area contributed by atoms with E-state index in [-0.39, 0.29) is 17.3 Å². The summed E-state index contributed by atoms with van der Waals surface area (Å²) in [6.45, 7) is 2.06. The van der Waals surface area contributed by atoms with Crippen molar-refractivity contribution < 1.29 is 14.4 Å². The van der Waals surface area contributed by atoms with Gasteiger partial charge in [-0.3, -0.25) is 9.59 Å². The summed E-state index contributed by atoms with van der Waals surface area (Å²) in [5, 5.41) is 0.315. The Hall–Kier alpha value is -1.42. The number of carbonyl (C=O) groups excluding carboxylic acids is 3. The van der Waals surface area contributed by atoms with Gasteiger partial charge in [0.2, 0.25) is 5.12 Å². The Balaban J connectivity index is 2.05. The second-order valence-corrected chi connectivity index (χ2v) is 8.61. The van der Waals surface area contributed by atoms with Gasteiger partial charge in [-0.25, -0.2) is 0 Å². The first-order valence-corrected chi connectivity index (χ1v) is 10.7. The summed E-state index contributed by atoms with van der Waals surface area (Å²) in [4.78, 5) is 37.5. The summed E-state index contributed by atoms with van der Waals surface area (Å²) in [6.07, 6.45) is 9.40. The summed E-state index contributed by atoms with van der Waals surface area (Å²) in [5.41, 5.74) is -0.363. The fourth-order valence-corrected chi connectivity index (χ4v) is 4.90. The number of unbranched alkanes of at least 4 members (excludes halogenated alkanes) is 1. The Kier molecular flexibility index (Phi) is 8.56. The number of hydrogen-bond donors (Lipinski definition) is 0. The van der Waals surface area contributed by atoms with Crippen molar-refractivity contribution in [3.05, 3.63) is 35.9 Å². The summed E-state index contributed by atoms with van der Waals surface area (Å²) in [5.74, 6) is 0.00351. The highest BCUT2D eigenvalue weighted by Gasteiger charge is 2.39. The third-order valence-corrected chi connectivity index (χ3v) is 6.75. The van der Waals surface area contributed by atoms with E-state index in [1.807, 2.05) is 18.2 Å². The molecule has 0 spiro atoms. The van der Waals surface area contributed by atoms with Crippen molar-refractivity contribution in [2.24, 2.45) is 5.41 Å². The smallest absolute Gasteiger partial charge is 0.202 e. The van der Waals surface area contributed by atoms with Gasteiger partial charge in [-0.1, -0.05) is 81.1 Å². The van der Waals surface area contributed by atoms with Crippen LogP contribution >= 0.6 is 11.8 Å². The molecule has 0 N–H and O–H groups in total. The normalized spacial score (nSPS) is 17.4. The van der Waals surface area contributed by atoms with Gasteiger partial charge in [-0.15, -0.1) is 0 Å². The lowest BCUT2D eigenvalue weighted by Gasteiger charge is -2.29. The van der Waals surface area contributed by atoms with Crippen LogP contribution in [0.15, 0.2) is 30.3 Å². The molecule has 0 radical (unpaired) electrons. The zero-order valence-corrected chi connectivity index (χ0v) is 16.6. The first-order valence-electron chi connectivity index (χ1n) is 9.87. The van der Waals surface area contributed by atoms with Gasteiger partial charge in [-0.2, -0.15) is 0 Å². The molecule has 4 heteroatoms. The van der Waals surface area contributed by atoms with Crippen LogP contribution in [0.1, 0.15) is 81.5 Å². The maximum Gasteiger partial charge on any atom is 0.202 e. The number of ketones is 1. The molecule has 0 amide bonds. The van der Waals surface area contributed by atoms with Crippen molar-refractivity contribution in [2.45, 2.75) is 76.4 Å². The quantitative estimate of drug-likeness (QED) is 0.303. The minimum Gasteiger partial charge on any atom is -0.302 e. The molecule has 0 bridgehead atoms. The molecule has 2 rings (SSSR count). The van der Waals surface area contributed by atoms with E-state index in [4.69, 9.17) is 0 Å². The van der Waals surface area contributed by atoms with Crippen LogP contribution in [0.4, 0.5) is 0 Å². The molecule has 1 aliphatic rings. The van der Waals surface area contributed by atoms with Crippen molar-refractivity contribution in [2.75, 3.05) is 0 Å². The summed E-state index contributed by atoms with van der Waals surface area (Å²) in [6, 6.07) is 9.12. The van der Waals surface area contributed by atoms with E-state index in [0.29, 0.717) is 23.7 Å². The molecule has 0 unspecified atom stereocenters. The molecule has 1 aromatic carbocycles. The van der Waals surface area contributed by atoms with Crippen LogP contribution in [-0.2, 0) is 9.59 Å². The van der Waals surface area contributed by atoms with Crippen LogP contribution < -0.4 is 0 Å². The number of benzene rings is 1. The minimum absolute atomic E-state index is 0.00351. The largest absolute Gasteiger partial charge is 0.302 e. The van der Waals surface area contributed by atoms with Crippen molar-refractivity contribution in [3.63, 3.8) is 0 Å². The van der Waals surface area contributed by atoms with Gasteiger partial charge in [0.05, 0.1) is 5.41 Å². The standard InChI is InChI=1S/C22H30O3S/c1-2-3-15-22(17-23,21(25)26-19-12-8-5-9-13-19)16-14-20(24)18-10-6-4-7-11-18/h4,6-7,10-11,17,19H,2-3,5,8-9,12-16H2,1H3/t22-/m0/s1. The van der Waals surface area contributed by atoms with Gasteiger partial charge in [0.15, 0.2) is 5.78 Å². The Labute approximate surface area is 161 Å². The Morgan fingerprint density at radius 3 is 2.42 bits per heavy atom. The van der Waals surface area contributed by atoms with Gasteiger partial charge in [0, 0.05) is 17.2 Å². The Morgan fingerprint density at radius 2 is 1.81 bits per heavy atom. The summed E-state index contributed by atoms with van der Waals surface area (Å²) >= 11 is 1.37. The van der Waals surface area contributed by atoms with E-state index in [9.17, 15) is 14.4 Å². The molecule has 0 heterocycles. The number of thioether (sulfide) groups is 1. The number of aldehydes is 1. The first-order chi connectivity index (χ1) is 12.6. The van der Waals surface area contributed by atoms with E-state index < -0.39 is 5.41 Å². The van der Waals surface area contributed by atoms with Crippen molar-refractivity contribution in [3.8, 4) is 0 Å². The van der Waals surface area contributed by atoms with Gasteiger partial charge in [-0.05, 0) is 25.7 Å². The van der Waals surface area contributed by atoms with Crippen LogP contribution in [-0.4, -0.2) is 22.4 Å². The number of Topliss-reactive ketones (excluding diaryl/α,β-unsaturated/α-hetero) is 1. The van der Waals surface area contributed by atoms with E-state index in [2.05, 4.69) is 6.92 Å². The van der Waals surface area contributed by atoms with E-state index in [1.165, 1.54) is 31.0 Å². The van der Waals surface area contributed by atoms with E-state index in [1.54, 1.807) is 12.1 Å². The van der Waals surface area contributed by atoms with Crippen LogP contribution in [0.5, 0.6) is 0 Å². The zero-order valence-electron chi connectivity index (χ0n) is 15.7. The number of hydrogen-bond acceptors (Lipinski definition) is 4. The predicted octanol–water partition coefficient (Wildman–Crippen LogP) is 5.62. The maximum atomic E-state index is 13.0. The lowest BCUT2D eigenvalue weighted by Crippen LogP contribution is -2.33. The monoisotopic (exact) mass is 374 g/mol. The zero-order chi connectivity index (χ0) is 18.8. The highest BCUT2D eigenvalue weighted by atomic mass is 32.2. The molecule has 0 aliphatic heterocycles. The molecule has 3 nitrogen and oxygen atoms in total. The first kappa shape index (κ1) is 20.9. The van der Waals surface area contributed by atoms with Crippen molar-refractivity contribution in [1.29, 1.82) is 0 Å². The predicted molar refractivity (Wildman–Crippen MR) is 107 cm³/mol. The SMILES string of the molecule is CCCC[C@@](C=O)(CCC(=O)c1ccccc1)C(=O)SC1CCCCC1. The number of rotatable bonds is 10. The Bertz CT molecular complexity index is 593. The molecular weight excluding hydrogens is 344 g/mol. The highest BCUT2D eigenvalue weighted by Crippen LogP contribution is 2.39. The molecule has 26 heavy (non-hydrogen) atoms. The van der Waals surface area contributed by atoms with Gasteiger partial charge < -0.3 is 4.79 Å². The molecule has 0 aromatic heterocycles.